The summed E-state index contributed by atoms with van der Waals surface area (Å²) in [5.74, 6) is -2.40. The van der Waals surface area contributed by atoms with Gasteiger partial charge in [0.05, 0.1) is 13.2 Å². The van der Waals surface area contributed by atoms with Crippen LogP contribution in [0.3, 0.4) is 0 Å². The van der Waals surface area contributed by atoms with Gasteiger partial charge in [0.1, 0.15) is 12.6 Å². The summed E-state index contributed by atoms with van der Waals surface area (Å²) in [7, 11) is -4.73. The fraction of sp³-hybridized carbons (Fsp3) is 0.735. The number of phosphoric ester groups is 1. The number of phosphoric acid groups is 1. The van der Waals surface area contributed by atoms with Crippen LogP contribution in [0.15, 0.2) is 60.8 Å². The van der Waals surface area contributed by atoms with E-state index in [1.165, 1.54) is 64.2 Å². The SMILES string of the molecule is CC/C=C\C/C=C\C/C=C\C/C=C\CCCCCCCCCCC(=O)OC(COC(=O)CCCCCCC/C=C\CCCCCCCCC)COP(=O)(O)OCC(N)C(=O)O. The first-order valence-corrected chi connectivity index (χ1v) is 25.3. The van der Waals surface area contributed by atoms with Gasteiger partial charge >= 0.3 is 25.7 Å². The van der Waals surface area contributed by atoms with E-state index in [0.717, 1.165) is 96.3 Å². The van der Waals surface area contributed by atoms with Crippen LogP contribution in [0.4, 0.5) is 0 Å². The molecule has 0 aromatic rings. The van der Waals surface area contributed by atoms with Crippen molar-refractivity contribution in [3.63, 3.8) is 0 Å². The molecule has 0 saturated heterocycles. The van der Waals surface area contributed by atoms with Crippen molar-refractivity contribution in [2.45, 2.75) is 212 Å². The predicted octanol–water partition coefficient (Wildman–Crippen LogP) is 13.1. The Balaban J connectivity index is 4.33. The van der Waals surface area contributed by atoms with E-state index in [-0.39, 0.29) is 19.4 Å². The number of hydrogen-bond donors (Lipinski definition) is 3. The highest BCUT2D eigenvalue weighted by Gasteiger charge is 2.28. The minimum Gasteiger partial charge on any atom is -0.480 e. The van der Waals surface area contributed by atoms with Crippen molar-refractivity contribution < 1.29 is 47.5 Å². The normalized spacial score (nSPS) is 14.2. The number of carboxylic acid groups (broad SMARTS) is 1. The van der Waals surface area contributed by atoms with E-state index < -0.39 is 51.1 Å². The van der Waals surface area contributed by atoms with Gasteiger partial charge in [-0.15, -0.1) is 0 Å². The maximum atomic E-state index is 12.7. The van der Waals surface area contributed by atoms with Crippen molar-refractivity contribution in [3.05, 3.63) is 60.8 Å². The van der Waals surface area contributed by atoms with E-state index in [1.54, 1.807) is 0 Å². The Morgan fingerprint density at radius 3 is 1.39 bits per heavy atom. The average molecular weight is 880 g/mol. The van der Waals surface area contributed by atoms with Crippen LogP contribution in [0.2, 0.25) is 0 Å². The molecule has 11 nitrogen and oxygen atoms in total. The molecular weight excluding hydrogens is 794 g/mol. The first-order valence-electron chi connectivity index (χ1n) is 23.8. The standard InChI is InChI=1S/C49H86NO10P/c1-3-5-7-9-11-13-15-17-19-21-22-23-24-25-27-29-31-33-35-37-39-41-48(52)60-45(43-58-61(55,56)59-44-46(50)49(53)54)42-57-47(51)40-38-36-34-32-30-28-26-20-18-16-14-12-10-8-6-4-2/h5,7,11,13,17,19-20,22-23,26,45-46H,3-4,6,8-10,12,14-16,18,21,24-25,27-44,50H2,1-2H3,(H,53,54)(H,55,56)/b7-5-,13-11-,19-17-,23-22-,26-20-. The monoisotopic (exact) mass is 880 g/mol. The molecule has 0 aliphatic heterocycles. The van der Waals surface area contributed by atoms with Crippen LogP contribution >= 0.6 is 7.82 Å². The molecule has 0 rings (SSSR count). The maximum Gasteiger partial charge on any atom is 0.472 e. The Morgan fingerprint density at radius 1 is 0.525 bits per heavy atom. The second kappa shape index (κ2) is 43.8. The van der Waals surface area contributed by atoms with E-state index in [2.05, 4.69) is 79.1 Å². The molecule has 0 aliphatic carbocycles. The number of carboxylic acids is 1. The van der Waals surface area contributed by atoms with Crippen LogP contribution in [-0.4, -0.2) is 59.9 Å². The van der Waals surface area contributed by atoms with Gasteiger partial charge in [-0.1, -0.05) is 171 Å². The van der Waals surface area contributed by atoms with Crippen LogP contribution in [0.5, 0.6) is 0 Å². The van der Waals surface area contributed by atoms with Crippen LogP contribution < -0.4 is 5.73 Å². The Morgan fingerprint density at radius 2 is 0.918 bits per heavy atom. The third-order valence-electron chi connectivity index (χ3n) is 10.00. The molecule has 61 heavy (non-hydrogen) atoms. The Hall–Kier alpha value is -2.82. The fourth-order valence-electron chi connectivity index (χ4n) is 6.29. The number of rotatable bonds is 44. The van der Waals surface area contributed by atoms with E-state index in [4.69, 9.17) is 24.8 Å². The smallest absolute Gasteiger partial charge is 0.472 e. The molecule has 352 valence electrons. The van der Waals surface area contributed by atoms with E-state index in [9.17, 15) is 23.8 Å². The summed E-state index contributed by atoms with van der Waals surface area (Å²) in [5.41, 5.74) is 5.34. The van der Waals surface area contributed by atoms with E-state index in [0.29, 0.717) is 12.8 Å². The molecule has 0 heterocycles. The molecule has 0 aromatic carbocycles. The molecule has 0 aromatic heterocycles. The summed E-state index contributed by atoms with van der Waals surface area (Å²) in [6.07, 6.45) is 51.3. The number of nitrogens with two attached hydrogens (primary N) is 1. The Kier molecular flexibility index (Phi) is 41.8. The lowest BCUT2D eigenvalue weighted by Gasteiger charge is -2.20. The molecule has 0 saturated carbocycles. The molecule has 0 bridgehead atoms. The van der Waals surface area contributed by atoms with Gasteiger partial charge in [0, 0.05) is 12.8 Å². The van der Waals surface area contributed by atoms with Crippen LogP contribution in [0.25, 0.3) is 0 Å². The highest BCUT2D eigenvalue weighted by molar-refractivity contribution is 7.47. The first kappa shape index (κ1) is 58.2. The molecule has 0 fully saturated rings. The van der Waals surface area contributed by atoms with Crippen molar-refractivity contribution in [2.24, 2.45) is 5.73 Å². The van der Waals surface area contributed by atoms with Crippen LogP contribution in [-0.2, 0) is 37.5 Å². The van der Waals surface area contributed by atoms with Gasteiger partial charge in [-0.3, -0.25) is 23.4 Å². The zero-order valence-corrected chi connectivity index (χ0v) is 39.1. The number of hydrogen-bond acceptors (Lipinski definition) is 9. The lowest BCUT2D eigenvalue weighted by Crippen LogP contribution is -2.34. The van der Waals surface area contributed by atoms with Gasteiger partial charge in [0.2, 0.25) is 0 Å². The third kappa shape index (κ3) is 43.6. The topological polar surface area (TPSA) is 172 Å². The minimum absolute atomic E-state index is 0.148. The average Bonchev–Trinajstić information content (AvgIpc) is 3.24. The molecule has 0 aliphatic rings. The number of ether oxygens (including phenoxy) is 2. The van der Waals surface area contributed by atoms with Crippen LogP contribution in [0.1, 0.15) is 200 Å². The van der Waals surface area contributed by atoms with E-state index in [1.807, 2.05) is 0 Å². The molecule has 0 spiro atoms. The van der Waals surface area contributed by atoms with Gasteiger partial charge in [-0.05, 0) is 77.0 Å². The van der Waals surface area contributed by atoms with Crippen LogP contribution in [0, 0.1) is 0 Å². The Labute approximate surface area is 370 Å². The summed E-state index contributed by atoms with van der Waals surface area (Å²) in [4.78, 5) is 46.1. The second-order valence-electron chi connectivity index (χ2n) is 15.9. The summed E-state index contributed by atoms with van der Waals surface area (Å²) in [6, 6.07) is -1.53. The zero-order valence-electron chi connectivity index (χ0n) is 38.2. The summed E-state index contributed by atoms with van der Waals surface area (Å²) in [6.45, 7) is 2.68. The molecular formula is C49H86NO10P. The van der Waals surface area contributed by atoms with Crippen molar-refractivity contribution >= 4 is 25.7 Å². The lowest BCUT2D eigenvalue weighted by atomic mass is 10.1. The second-order valence-corrected chi connectivity index (χ2v) is 17.3. The summed E-state index contributed by atoms with van der Waals surface area (Å²) >= 11 is 0. The molecule has 0 amide bonds. The number of carbonyl (C=O) groups is 3. The first-order chi connectivity index (χ1) is 29.6. The van der Waals surface area contributed by atoms with E-state index >= 15 is 0 Å². The number of aliphatic carboxylic acids is 1. The quantitative estimate of drug-likeness (QED) is 0.0230. The van der Waals surface area contributed by atoms with Gasteiger partial charge in [0.15, 0.2) is 6.10 Å². The maximum absolute atomic E-state index is 12.7. The number of unbranched alkanes of at least 4 members (excludes halogenated alkanes) is 20. The molecule has 3 unspecified atom stereocenters. The van der Waals surface area contributed by atoms with Crippen molar-refractivity contribution in [2.75, 3.05) is 19.8 Å². The third-order valence-corrected chi connectivity index (χ3v) is 11.0. The number of allylic oxidation sites excluding steroid dienone is 10. The minimum atomic E-state index is -4.73. The predicted molar refractivity (Wildman–Crippen MR) is 249 cm³/mol. The largest absolute Gasteiger partial charge is 0.480 e. The van der Waals surface area contributed by atoms with Gasteiger partial charge in [-0.25, -0.2) is 4.57 Å². The molecule has 4 N–H and O–H groups in total. The molecule has 12 heteroatoms. The summed E-state index contributed by atoms with van der Waals surface area (Å²) < 4.78 is 32.8. The molecule has 0 radical (unpaired) electrons. The van der Waals surface area contributed by atoms with Gasteiger partial charge in [0.25, 0.3) is 0 Å². The van der Waals surface area contributed by atoms with Crippen molar-refractivity contribution in [1.29, 1.82) is 0 Å². The number of carbonyl (C=O) groups excluding carboxylic acids is 2. The molecule has 3 atom stereocenters. The summed E-state index contributed by atoms with van der Waals surface area (Å²) in [5, 5.41) is 8.91. The highest BCUT2D eigenvalue weighted by atomic mass is 31.2. The number of esters is 2. The van der Waals surface area contributed by atoms with Crippen molar-refractivity contribution in [1.82, 2.24) is 0 Å². The lowest BCUT2D eigenvalue weighted by molar-refractivity contribution is -0.161. The van der Waals surface area contributed by atoms with Gasteiger partial charge < -0.3 is 25.2 Å². The zero-order chi connectivity index (χ0) is 44.9. The van der Waals surface area contributed by atoms with Gasteiger partial charge in [-0.2, -0.15) is 0 Å². The highest BCUT2D eigenvalue weighted by Crippen LogP contribution is 2.43. The fourth-order valence-corrected chi connectivity index (χ4v) is 7.06. The Bertz CT molecular complexity index is 1260. The van der Waals surface area contributed by atoms with Crippen molar-refractivity contribution in [3.8, 4) is 0 Å².